The van der Waals surface area contributed by atoms with Crippen molar-refractivity contribution in [3.63, 3.8) is 0 Å². The Morgan fingerprint density at radius 1 is 1.43 bits per heavy atom. The fourth-order valence-corrected chi connectivity index (χ4v) is 2.82. The minimum absolute atomic E-state index is 0.268. The van der Waals surface area contributed by atoms with Gasteiger partial charge in [0.2, 0.25) is 0 Å². The van der Waals surface area contributed by atoms with Gasteiger partial charge in [0.25, 0.3) is 0 Å². The summed E-state index contributed by atoms with van der Waals surface area (Å²) < 4.78 is 18.1. The number of hydrogen-bond acceptors (Lipinski definition) is 3. The molecule has 2 aromatic heterocycles. The van der Waals surface area contributed by atoms with Gasteiger partial charge in [0.1, 0.15) is 18.0 Å². The third-order valence-corrected chi connectivity index (χ3v) is 4.30. The van der Waals surface area contributed by atoms with Crippen LogP contribution in [-0.2, 0) is 13.6 Å². The van der Waals surface area contributed by atoms with Crippen LogP contribution in [-0.4, -0.2) is 24.3 Å². The Bertz CT molecular complexity index is 810. The van der Waals surface area contributed by atoms with E-state index in [9.17, 15) is 4.39 Å². The van der Waals surface area contributed by atoms with Gasteiger partial charge in [0.15, 0.2) is 5.82 Å². The number of rotatable bonds is 3. The molecule has 0 aliphatic carbocycles. The predicted molar refractivity (Wildman–Crippen MR) is 86.8 cm³/mol. The molecule has 1 aromatic carbocycles. The summed E-state index contributed by atoms with van der Waals surface area (Å²) in [5.74, 6) is 1.18. The summed E-state index contributed by atoms with van der Waals surface area (Å²) in [4.78, 5) is 4.53. The van der Waals surface area contributed by atoms with Gasteiger partial charge in [0, 0.05) is 13.1 Å². The first-order chi connectivity index (χ1) is 9.97. The van der Waals surface area contributed by atoms with Crippen molar-refractivity contribution < 1.29 is 4.39 Å². The minimum Gasteiger partial charge on any atom is -0.319 e. The maximum atomic E-state index is 13.9. The van der Waals surface area contributed by atoms with Crippen molar-refractivity contribution in [1.29, 1.82) is 0 Å². The molecule has 0 amide bonds. The van der Waals surface area contributed by atoms with E-state index in [1.165, 1.54) is 6.07 Å². The first-order valence-electron chi connectivity index (χ1n) is 6.29. The number of nitrogens with zero attached hydrogens (tertiary/aromatic N) is 5. The van der Waals surface area contributed by atoms with Crippen molar-refractivity contribution in [3.8, 4) is 0 Å². The average molecular weight is 420 g/mol. The summed E-state index contributed by atoms with van der Waals surface area (Å²) in [5.41, 5.74) is 1.43. The number of aryl methyl sites for hydroxylation is 1. The molecule has 0 spiro atoms. The zero-order chi connectivity index (χ0) is 15.1. The minimum atomic E-state index is -0.286. The largest absolute Gasteiger partial charge is 0.319 e. The Morgan fingerprint density at radius 2 is 2.19 bits per heavy atom. The molecule has 3 rings (SSSR count). The molecule has 110 valence electrons. The second-order valence-corrected chi connectivity index (χ2v) is 6.60. The summed E-state index contributed by atoms with van der Waals surface area (Å²) in [6, 6.07) is 3.21. The standard InChI is InChI=1S/C13H12ClFIN5/c1-7(14)13-18-10-4-9(16)8(15)3-11(10)21(13)5-12-19-17-6-20(12)2/h3-4,6-7H,5H2,1-2H3. The lowest BCUT2D eigenvalue weighted by atomic mass is 10.3. The van der Waals surface area contributed by atoms with Gasteiger partial charge in [0.05, 0.1) is 26.5 Å². The van der Waals surface area contributed by atoms with Crippen molar-refractivity contribution in [2.75, 3.05) is 0 Å². The van der Waals surface area contributed by atoms with Crippen molar-refractivity contribution >= 4 is 45.2 Å². The lowest BCUT2D eigenvalue weighted by Crippen LogP contribution is -2.09. The van der Waals surface area contributed by atoms with E-state index in [2.05, 4.69) is 15.2 Å². The number of fused-ring (bicyclic) bond motifs is 1. The summed E-state index contributed by atoms with van der Waals surface area (Å²) in [7, 11) is 1.86. The van der Waals surface area contributed by atoms with Gasteiger partial charge in [-0.15, -0.1) is 21.8 Å². The Labute approximate surface area is 139 Å². The van der Waals surface area contributed by atoms with Crippen LogP contribution in [0.2, 0.25) is 0 Å². The van der Waals surface area contributed by atoms with Crippen LogP contribution in [0.3, 0.4) is 0 Å². The van der Waals surface area contributed by atoms with Crippen LogP contribution in [0.1, 0.15) is 23.9 Å². The van der Waals surface area contributed by atoms with Crippen LogP contribution in [0, 0.1) is 9.39 Å². The molecule has 0 aliphatic rings. The van der Waals surface area contributed by atoms with Gasteiger partial charge in [-0.3, -0.25) is 0 Å². The molecule has 0 aliphatic heterocycles. The molecule has 0 saturated heterocycles. The van der Waals surface area contributed by atoms with E-state index in [4.69, 9.17) is 11.6 Å². The maximum absolute atomic E-state index is 13.9. The van der Waals surface area contributed by atoms with E-state index in [1.54, 1.807) is 12.4 Å². The number of imidazole rings is 1. The Kier molecular flexibility index (Phi) is 3.87. The zero-order valence-electron chi connectivity index (χ0n) is 11.4. The van der Waals surface area contributed by atoms with Crippen molar-refractivity contribution in [2.45, 2.75) is 18.8 Å². The summed E-state index contributed by atoms with van der Waals surface area (Å²) in [6.45, 7) is 2.29. The quantitative estimate of drug-likeness (QED) is 0.484. The third kappa shape index (κ3) is 2.64. The fourth-order valence-electron chi connectivity index (χ4n) is 2.20. The van der Waals surface area contributed by atoms with Gasteiger partial charge < -0.3 is 9.13 Å². The predicted octanol–water partition coefficient (Wildman–Crippen LogP) is 3.26. The molecule has 3 aromatic rings. The van der Waals surface area contributed by atoms with Crippen LogP contribution in [0.4, 0.5) is 4.39 Å². The Morgan fingerprint density at radius 3 is 2.81 bits per heavy atom. The van der Waals surface area contributed by atoms with E-state index in [0.29, 0.717) is 21.5 Å². The van der Waals surface area contributed by atoms with Gasteiger partial charge in [-0.25, -0.2) is 9.37 Å². The number of hydrogen-bond donors (Lipinski definition) is 0. The maximum Gasteiger partial charge on any atom is 0.152 e. The van der Waals surface area contributed by atoms with Gasteiger partial charge in [-0.1, -0.05) is 0 Å². The Hall–Kier alpha value is -1.22. The molecule has 0 N–H and O–H groups in total. The highest BCUT2D eigenvalue weighted by Gasteiger charge is 2.18. The molecule has 0 bridgehead atoms. The van der Waals surface area contributed by atoms with Crippen LogP contribution in [0.15, 0.2) is 18.5 Å². The highest BCUT2D eigenvalue weighted by atomic mass is 127. The molecule has 1 unspecified atom stereocenters. The molecule has 5 nitrogen and oxygen atoms in total. The van der Waals surface area contributed by atoms with Crippen LogP contribution in [0.25, 0.3) is 11.0 Å². The molecular weight excluding hydrogens is 408 g/mol. The van der Waals surface area contributed by atoms with E-state index < -0.39 is 0 Å². The monoisotopic (exact) mass is 419 g/mol. The van der Waals surface area contributed by atoms with Crippen molar-refractivity contribution in [3.05, 3.63) is 39.5 Å². The first kappa shape index (κ1) is 14.7. The average Bonchev–Trinajstić information content (AvgIpc) is 2.97. The van der Waals surface area contributed by atoms with Crippen molar-refractivity contribution in [2.24, 2.45) is 7.05 Å². The third-order valence-electron chi connectivity index (χ3n) is 3.28. The first-order valence-corrected chi connectivity index (χ1v) is 7.81. The lowest BCUT2D eigenvalue weighted by Gasteiger charge is -2.10. The summed E-state index contributed by atoms with van der Waals surface area (Å²) >= 11 is 8.17. The SMILES string of the molecule is CC(Cl)c1nc2cc(I)c(F)cc2n1Cc1nncn1C. The van der Waals surface area contributed by atoms with Crippen LogP contribution in [0.5, 0.6) is 0 Å². The molecule has 0 radical (unpaired) electrons. The van der Waals surface area contributed by atoms with E-state index >= 15 is 0 Å². The lowest BCUT2D eigenvalue weighted by molar-refractivity contribution is 0.619. The van der Waals surface area contributed by atoms with E-state index in [1.807, 2.05) is 45.7 Å². The van der Waals surface area contributed by atoms with Gasteiger partial charge >= 0.3 is 0 Å². The number of aromatic nitrogens is 5. The highest BCUT2D eigenvalue weighted by molar-refractivity contribution is 14.1. The van der Waals surface area contributed by atoms with Gasteiger partial charge in [-0.05, 0) is 35.6 Å². The molecule has 0 fully saturated rings. The molecule has 2 heterocycles. The van der Waals surface area contributed by atoms with Crippen LogP contribution >= 0.6 is 34.2 Å². The van der Waals surface area contributed by atoms with Gasteiger partial charge in [-0.2, -0.15) is 0 Å². The topological polar surface area (TPSA) is 48.5 Å². The van der Waals surface area contributed by atoms with E-state index in [-0.39, 0.29) is 11.2 Å². The smallest absolute Gasteiger partial charge is 0.152 e. The number of benzene rings is 1. The fraction of sp³-hybridized carbons (Fsp3) is 0.308. The molecule has 1 atom stereocenters. The molecular formula is C13H12ClFIN5. The van der Waals surface area contributed by atoms with E-state index in [0.717, 1.165) is 11.3 Å². The summed E-state index contributed by atoms with van der Waals surface area (Å²) in [5, 5.41) is 7.64. The number of alkyl halides is 1. The van der Waals surface area contributed by atoms with Crippen LogP contribution < -0.4 is 0 Å². The Balaban J connectivity index is 2.20. The molecule has 8 heteroatoms. The highest BCUT2D eigenvalue weighted by Crippen LogP contribution is 2.27. The normalized spacial score (nSPS) is 13.0. The summed E-state index contributed by atoms with van der Waals surface area (Å²) in [6.07, 6.45) is 1.63. The van der Waals surface area contributed by atoms with Crippen molar-refractivity contribution in [1.82, 2.24) is 24.3 Å². The molecule has 0 saturated carbocycles. The second-order valence-electron chi connectivity index (χ2n) is 4.79. The molecule has 21 heavy (non-hydrogen) atoms. The number of halogens is 3. The zero-order valence-corrected chi connectivity index (χ0v) is 14.3. The second kappa shape index (κ2) is 5.53.